The van der Waals surface area contributed by atoms with Crippen molar-refractivity contribution in [1.82, 2.24) is 20.9 Å². The van der Waals surface area contributed by atoms with Gasteiger partial charge in [-0.2, -0.15) is 0 Å². The number of carbonyl (C=O) groups is 1. The lowest BCUT2D eigenvalue weighted by Crippen LogP contribution is -2.45. The Labute approximate surface area is 151 Å². The molecule has 1 aliphatic carbocycles. The van der Waals surface area contributed by atoms with E-state index in [2.05, 4.69) is 46.1 Å². The summed E-state index contributed by atoms with van der Waals surface area (Å²) >= 11 is 0. The molecule has 1 aliphatic rings. The van der Waals surface area contributed by atoms with Gasteiger partial charge in [0.25, 0.3) is 0 Å². The predicted molar refractivity (Wildman–Crippen MR) is 102 cm³/mol. The first kappa shape index (κ1) is 19.3. The van der Waals surface area contributed by atoms with Gasteiger partial charge in [0.15, 0.2) is 0 Å². The van der Waals surface area contributed by atoms with Crippen LogP contribution >= 0.6 is 0 Å². The fraction of sp³-hybridized carbons (Fsp3) is 0.500. The number of hydrogen-bond acceptors (Lipinski definition) is 4. The van der Waals surface area contributed by atoms with Crippen LogP contribution in [0.25, 0.3) is 0 Å². The van der Waals surface area contributed by atoms with E-state index >= 15 is 0 Å². The lowest BCUT2D eigenvalue weighted by molar-refractivity contribution is -0.118. The van der Waals surface area contributed by atoms with Crippen molar-refractivity contribution in [2.24, 2.45) is 5.92 Å². The number of carbonyl (C=O) groups excluding carboxylic acids is 1. The summed E-state index contributed by atoms with van der Waals surface area (Å²) in [6.45, 7) is 6.78. The molecule has 1 amide bonds. The molecule has 0 saturated carbocycles. The van der Waals surface area contributed by atoms with E-state index < -0.39 is 0 Å². The Balaban J connectivity index is 1.86. The second kappa shape index (κ2) is 10.8. The third-order valence-corrected chi connectivity index (χ3v) is 4.45. The molecule has 0 saturated heterocycles. The number of allylic oxidation sites excluding steroid dienone is 3. The fourth-order valence-electron chi connectivity index (χ4n) is 2.94. The SMILES string of the molecule is CCC1=CCC(C(CNCCNC(C)=O)NCc2ccccn2)C=C1. The highest BCUT2D eigenvalue weighted by Crippen LogP contribution is 2.21. The van der Waals surface area contributed by atoms with Gasteiger partial charge in [-0.3, -0.25) is 9.78 Å². The van der Waals surface area contributed by atoms with Gasteiger partial charge < -0.3 is 16.0 Å². The maximum atomic E-state index is 10.9. The van der Waals surface area contributed by atoms with Crippen LogP contribution in [-0.4, -0.2) is 36.6 Å². The largest absolute Gasteiger partial charge is 0.355 e. The summed E-state index contributed by atoms with van der Waals surface area (Å²) in [6, 6.07) is 6.32. The van der Waals surface area contributed by atoms with Gasteiger partial charge in [0.2, 0.25) is 5.91 Å². The summed E-state index contributed by atoms with van der Waals surface area (Å²) in [5, 5.41) is 9.91. The summed E-state index contributed by atoms with van der Waals surface area (Å²) in [5.74, 6) is 0.478. The van der Waals surface area contributed by atoms with Gasteiger partial charge >= 0.3 is 0 Å². The molecule has 25 heavy (non-hydrogen) atoms. The monoisotopic (exact) mass is 342 g/mol. The van der Waals surface area contributed by atoms with Crippen molar-refractivity contribution in [3.8, 4) is 0 Å². The van der Waals surface area contributed by atoms with Gasteiger partial charge in [-0.25, -0.2) is 0 Å². The third-order valence-electron chi connectivity index (χ3n) is 4.45. The van der Waals surface area contributed by atoms with Crippen molar-refractivity contribution in [1.29, 1.82) is 0 Å². The lowest BCUT2D eigenvalue weighted by atomic mass is 9.89. The van der Waals surface area contributed by atoms with Crippen LogP contribution in [0.15, 0.2) is 48.2 Å². The molecule has 1 aromatic heterocycles. The van der Waals surface area contributed by atoms with Crippen molar-refractivity contribution < 1.29 is 4.79 Å². The number of nitrogens with zero attached hydrogens (tertiary/aromatic N) is 1. The highest BCUT2D eigenvalue weighted by molar-refractivity contribution is 5.72. The molecule has 2 unspecified atom stereocenters. The second-order valence-electron chi connectivity index (χ2n) is 6.39. The van der Waals surface area contributed by atoms with Gasteiger partial charge in [0.1, 0.15) is 0 Å². The van der Waals surface area contributed by atoms with E-state index in [4.69, 9.17) is 0 Å². The molecule has 136 valence electrons. The molecule has 2 rings (SSSR count). The highest BCUT2D eigenvalue weighted by atomic mass is 16.1. The molecule has 3 N–H and O–H groups in total. The fourth-order valence-corrected chi connectivity index (χ4v) is 2.94. The first-order valence-electron chi connectivity index (χ1n) is 9.14. The zero-order valence-corrected chi connectivity index (χ0v) is 15.3. The Bertz CT molecular complexity index is 583. The quantitative estimate of drug-likeness (QED) is 0.570. The minimum atomic E-state index is 0.0130. The minimum absolute atomic E-state index is 0.0130. The molecule has 5 heteroatoms. The van der Waals surface area contributed by atoms with Gasteiger partial charge in [0.05, 0.1) is 5.69 Å². The molecule has 0 aliphatic heterocycles. The Morgan fingerprint density at radius 3 is 2.88 bits per heavy atom. The Kier molecular flexibility index (Phi) is 8.35. The first-order chi connectivity index (χ1) is 12.2. The van der Waals surface area contributed by atoms with E-state index in [1.807, 2.05) is 24.4 Å². The molecular formula is C20H30N4O. The number of pyridine rings is 1. The molecule has 0 bridgehead atoms. The summed E-state index contributed by atoms with van der Waals surface area (Å²) in [4.78, 5) is 15.3. The van der Waals surface area contributed by atoms with E-state index in [1.165, 1.54) is 5.57 Å². The molecule has 0 spiro atoms. The minimum Gasteiger partial charge on any atom is -0.355 e. The third kappa shape index (κ3) is 7.20. The standard InChI is InChI=1S/C20H30N4O/c1-3-17-7-9-18(10-8-17)20(15-21-12-13-22-16(2)25)24-14-19-6-4-5-11-23-19/h4-9,11,18,20-21,24H,3,10,12-15H2,1-2H3,(H,22,25). The van der Waals surface area contributed by atoms with Crippen LogP contribution in [0.3, 0.4) is 0 Å². The van der Waals surface area contributed by atoms with E-state index in [0.29, 0.717) is 18.5 Å². The average molecular weight is 342 g/mol. The number of aromatic nitrogens is 1. The molecule has 2 atom stereocenters. The van der Waals surface area contributed by atoms with Crippen molar-refractivity contribution in [2.75, 3.05) is 19.6 Å². The van der Waals surface area contributed by atoms with Crippen LogP contribution in [-0.2, 0) is 11.3 Å². The number of hydrogen-bond donors (Lipinski definition) is 3. The molecule has 1 heterocycles. The van der Waals surface area contributed by atoms with Gasteiger partial charge in [0, 0.05) is 45.3 Å². The Hall–Kier alpha value is -1.98. The maximum Gasteiger partial charge on any atom is 0.216 e. The molecular weight excluding hydrogens is 312 g/mol. The summed E-state index contributed by atoms with van der Waals surface area (Å²) in [6.07, 6.45) is 10.9. The van der Waals surface area contributed by atoms with Crippen LogP contribution < -0.4 is 16.0 Å². The van der Waals surface area contributed by atoms with Crippen LogP contribution in [0, 0.1) is 5.92 Å². The van der Waals surface area contributed by atoms with Gasteiger partial charge in [-0.1, -0.05) is 36.8 Å². The first-order valence-corrected chi connectivity index (χ1v) is 9.14. The topological polar surface area (TPSA) is 66.0 Å². The molecule has 0 fully saturated rings. The smallest absolute Gasteiger partial charge is 0.216 e. The second-order valence-corrected chi connectivity index (χ2v) is 6.39. The maximum absolute atomic E-state index is 10.9. The molecule has 0 aromatic carbocycles. The van der Waals surface area contributed by atoms with Crippen LogP contribution in [0.1, 0.15) is 32.4 Å². The van der Waals surface area contributed by atoms with Crippen LogP contribution in [0.2, 0.25) is 0 Å². The summed E-state index contributed by atoms with van der Waals surface area (Å²) in [7, 11) is 0. The predicted octanol–water partition coefficient (Wildman–Crippen LogP) is 2.18. The van der Waals surface area contributed by atoms with Crippen LogP contribution in [0.5, 0.6) is 0 Å². The van der Waals surface area contributed by atoms with E-state index in [0.717, 1.165) is 38.2 Å². The van der Waals surface area contributed by atoms with Crippen LogP contribution in [0.4, 0.5) is 0 Å². The van der Waals surface area contributed by atoms with Gasteiger partial charge in [-0.15, -0.1) is 0 Å². The van der Waals surface area contributed by atoms with E-state index in [1.54, 1.807) is 6.92 Å². The average Bonchev–Trinajstić information content (AvgIpc) is 2.64. The molecule has 0 radical (unpaired) electrons. The van der Waals surface area contributed by atoms with Crippen molar-refractivity contribution in [2.45, 2.75) is 39.3 Å². The zero-order valence-electron chi connectivity index (χ0n) is 15.3. The number of rotatable bonds is 10. The highest BCUT2D eigenvalue weighted by Gasteiger charge is 2.19. The van der Waals surface area contributed by atoms with E-state index in [9.17, 15) is 4.79 Å². The van der Waals surface area contributed by atoms with Gasteiger partial charge in [-0.05, 0) is 30.9 Å². The normalized spacial score (nSPS) is 17.8. The summed E-state index contributed by atoms with van der Waals surface area (Å²) < 4.78 is 0. The van der Waals surface area contributed by atoms with Crippen molar-refractivity contribution in [3.63, 3.8) is 0 Å². The Morgan fingerprint density at radius 1 is 1.36 bits per heavy atom. The van der Waals surface area contributed by atoms with Crippen molar-refractivity contribution in [3.05, 3.63) is 53.9 Å². The summed E-state index contributed by atoms with van der Waals surface area (Å²) in [5.41, 5.74) is 2.47. The number of nitrogens with one attached hydrogen (secondary N) is 3. The lowest BCUT2D eigenvalue weighted by Gasteiger charge is -2.28. The van der Waals surface area contributed by atoms with Crippen molar-refractivity contribution >= 4 is 5.91 Å². The Morgan fingerprint density at radius 2 is 2.24 bits per heavy atom. The molecule has 5 nitrogen and oxygen atoms in total. The molecule has 1 aromatic rings. The number of amides is 1. The van der Waals surface area contributed by atoms with E-state index in [-0.39, 0.29) is 5.91 Å². The zero-order chi connectivity index (χ0) is 17.9.